The van der Waals surface area contributed by atoms with E-state index in [1.54, 1.807) is 4.90 Å². The molecule has 0 atom stereocenters. The predicted molar refractivity (Wildman–Crippen MR) is 93.3 cm³/mol. The zero-order chi connectivity index (χ0) is 18.7. The Bertz CT molecular complexity index is 876. The van der Waals surface area contributed by atoms with Crippen LogP contribution in [0.5, 0.6) is 0 Å². The average molecular weight is 353 g/mol. The van der Waals surface area contributed by atoms with Gasteiger partial charge in [-0.25, -0.2) is 4.79 Å². The van der Waals surface area contributed by atoms with Crippen LogP contribution < -0.4 is 5.32 Å². The minimum absolute atomic E-state index is 0.220. The number of nitrogens with one attached hydrogen (secondary N) is 2. The van der Waals surface area contributed by atoms with Gasteiger partial charge in [0.25, 0.3) is 0 Å². The Morgan fingerprint density at radius 3 is 2.81 bits per heavy atom. The predicted octanol–water partition coefficient (Wildman–Crippen LogP) is 2.43. The number of rotatable bonds is 3. The van der Waals surface area contributed by atoms with Crippen LogP contribution in [0.4, 0.5) is 10.5 Å². The molecule has 0 fully saturated rings. The van der Waals surface area contributed by atoms with Crippen LogP contribution in [0.25, 0.3) is 5.57 Å². The molecule has 9 heteroatoms. The normalized spacial score (nSPS) is 13.9. The molecule has 1 aliphatic rings. The van der Waals surface area contributed by atoms with Crippen LogP contribution in [0.3, 0.4) is 0 Å². The van der Waals surface area contributed by atoms with Crippen molar-refractivity contribution in [3.63, 3.8) is 0 Å². The first-order valence-corrected chi connectivity index (χ1v) is 8.06. The lowest BCUT2D eigenvalue weighted by molar-refractivity contribution is 0.0242. The maximum atomic E-state index is 12.2. The van der Waals surface area contributed by atoms with E-state index in [1.165, 1.54) is 6.20 Å². The smallest absolute Gasteiger partial charge is 0.410 e. The van der Waals surface area contributed by atoms with Crippen molar-refractivity contribution in [1.82, 2.24) is 25.5 Å². The van der Waals surface area contributed by atoms with Gasteiger partial charge in [-0.3, -0.25) is 4.90 Å². The molecule has 0 aliphatic carbocycles. The van der Waals surface area contributed by atoms with Gasteiger partial charge in [-0.2, -0.15) is 10.5 Å². The van der Waals surface area contributed by atoms with Crippen molar-refractivity contribution in [2.45, 2.75) is 39.5 Å². The Morgan fingerprint density at radius 2 is 2.15 bits per heavy atom. The Morgan fingerprint density at radius 1 is 1.38 bits per heavy atom. The fourth-order valence-corrected chi connectivity index (χ4v) is 2.52. The summed E-state index contributed by atoms with van der Waals surface area (Å²) >= 11 is 0. The van der Waals surface area contributed by atoms with Crippen molar-refractivity contribution in [1.29, 1.82) is 5.26 Å². The molecule has 1 aromatic heterocycles. The second kappa shape index (κ2) is 6.84. The Hall–Kier alpha value is -3.41. The van der Waals surface area contributed by atoms with Crippen LogP contribution in [0.1, 0.15) is 37.7 Å². The Kier molecular flexibility index (Phi) is 4.58. The number of amides is 1. The van der Waals surface area contributed by atoms with E-state index in [4.69, 9.17) is 4.74 Å². The minimum Gasteiger partial charge on any atom is -0.444 e. The van der Waals surface area contributed by atoms with E-state index in [9.17, 15) is 10.1 Å². The summed E-state index contributed by atoms with van der Waals surface area (Å²) in [5.41, 5.74) is 2.64. The van der Waals surface area contributed by atoms with E-state index in [2.05, 4.69) is 25.9 Å². The van der Waals surface area contributed by atoms with Crippen LogP contribution >= 0.6 is 0 Å². The number of tetrazole rings is 1. The molecule has 9 nitrogen and oxygen atoms in total. The second-order valence-electron chi connectivity index (χ2n) is 6.87. The minimum atomic E-state index is -0.522. The van der Waals surface area contributed by atoms with Crippen LogP contribution in [0.2, 0.25) is 0 Å². The number of nitrogens with zero attached hydrogens (tertiary/aromatic N) is 5. The van der Waals surface area contributed by atoms with Crippen LogP contribution in [0.15, 0.2) is 24.4 Å². The van der Waals surface area contributed by atoms with Crippen molar-refractivity contribution in [3.05, 3.63) is 41.4 Å². The summed E-state index contributed by atoms with van der Waals surface area (Å²) in [6.07, 6.45) is 1.19. The number of ether oxygens (including phenoxy) is 1. The van der Waals surface area contributed by atoms with E-state index in [1.807, 2.05) is 45.0 Å². The number of hydrogen-bond donors (Lipinski definition) is 2. The Labute approximate surface area is 150 Å². The molecule has 0 spiro atoms. The maximum absolute atomic E-state index is 12.2. The van der Waals surface area contributed by atoms with Gasteiger partial charge in [0.15, 0.2) is 0 Å². The first-order valence-electron chi connectivity index (χ1n) is 8.06. The van der Waals surface area contributed by atoms with Crippen molar-refractivity contribution in [3.8, 4) is 6.07 Å². The highest BCUT2D eigenvalue weighted by Crippen LogP contribution is 2.27. The molecular weight excluding hydrogens is 334 g/mol. The molecule has 1 aromatic carbocycles. The summed E-state index contributed by atoms with van der Waals surface area (Å²) in [6.45, 7) is 6.54. The molecular formula is C17H19N7O2. The fourth-order valence-electron chi connectivity index (χ4n) is 2.52. The van der Waals surface area contributed by atoms with Crippen molar-refractivity contribution >= 4 is 17.4 Å². The number of nitriles is 1. The van der Waals surface area contributed by atoms with Crippen LogP contribution in [0, 0.1) is 11.3 Å². The molecule has 2 N–H and O–H groups in total. The summed E-state index contributed by atoms with van der Waals surface area (Å²) < 4.78 is 5.42. The number of benzene rings is 1. The van der Waals surface area contributed by atoms with E-state index < -0.39 is 5.60 Å². The molecule has 0 saturated heterocycles. The summed E-state index contributed by atoms with van der Waals surface area (Å²) in [6, 6.07) is 7.80. The molecule has 0 saturated carbocycles. The fraction of sp³-hybridized carbons (Fsp3) is 0.353. The highest BCUT2D eigenvalue weighted by atomic mass is 16.6. The molecule has 1 aliphatic heterocycles. The molecule has 2 aromatic rings. The van der Waals surface area contributed by atoms with E-state index >= 15 is 0 Å². The first kappa shape index (κ1) is 17.4. The quantitative estimate of drug-likeness (QED) is 0.813. The van der Waals surface area contributed by atoms with Gasteiger partial charge < -0.3 is 10.1 Å². The van der Waals surface area contributed by atoms with Crippen molar-refractivity contribution in [2.24, 2.45) is 0 Å². The monoisotopic (exact) mass is 353 g/mol. The highest BCUT2D eigenvalue weighted by Gasteiger charge is 2.27. The SMILES string of the molecule is CC(C)(C)OC(=O)N1Cc2ccc(NC=C(C#N)c3nn[nH]n3)cc2C1. The number of carbonyl (C=O) groups is 1. The van der Waals surface area contributed by atoms with Crippen LogP contribution in [-0.4, -0.2) is 37.2 Å². The molecule has 0 bridgehead atoms. The summed E-state index contributed by atoms with van der Waals surface area (Å²) in [7, 11) is 0. The topological polar surface area (TPSA) is 120 Å². The summed E-state index contributed by atoms with van der Waals surface area (Å²) in [5, 5.41) is 25.5. The van der Waals surface area contributed by atoms with Gasteiger partial charge in [-0.1, -0.05) is 6.07 Å². The number of fused-ring (bicyclic) bond motifs is 1. The van der Waals surface area contributed by atoms with Crippen molar-refractivity contribution < 1.29 is 9.53 Å². The van der Waals surface area contributed by atoms with Gasteiger partial charge in [0.05, 0.1) is 0 Å². The molecule has 26 heavy (non-hydrogen) atoms. The first-order chi connectivity index (χ1) is 12.4. The highest BCUT2D eigenvalue weighted by molar-refractivity contribution is 5.74. The summed E-state index contributed by atoms with van der Waals surface area (Å²) in [5.74, 6) is 0.220. The van der Waals surface area contributed by atoms with Gasteiger partial charge in [0.2, 0.25) is 5.82 Å². The molecule has 0 unspecified atom stereocenters. The molecule has 134 valence electrons. The number of H-pyrrole nitrogens is 1. The van der Waals surface area contributed by atoms with Crippen LogP contribution in [-0.2, 0) is 17.8 Å². The number of allylic oxidation sites excluding steroid dienone is 1. The molecule has 0 radical (unpaired) electrons. The van der Waals surface area contributed by atoms with Gasteiger partial charge in [-0.05, 0) is 49.2 Å². The number of carbonyl (C=O) groups excluding carboxylic acids is 1. The summed E-state index contributed by atoms with van der Waals surface area (Å²) in [4.78, 5) is 13.9. The lowest BCUT2D eigenvalue weighted by atomic mass is 10.1. The second-order valence-corrected chi connectivity index (χ2v) is 6.87. The number of hydrogen-bond acceptors (Lipinski definition) is 7. The van der Waals surface area contributed by atoms with Gasteiger partial charge >= 0.3 is 6.09 Å². The number of aromatic amines is 1. The molecule has 3 rings (SSSR count). The largest absolute Gasteiger partial charge is 0.444 e. The van der Waals surface area contributed by atoms with Gasteiger partial charge in [-0.15, -0.1) is 10.2 Å². The van der Waals surface area contributed by atoms with E-state index in [0.717, 1.165) is 16.8 Å². The average Bonchev–Trinajstić information content (AvgIpc) is 3.23. The maximum Gasteiger partial charge on any atom is 0.410 e. The van der Waals surface area contributed by atoms with Gasteiger partial charge in [0, 0.05) is 25.0 Å². The lowest BCUT2D eigenvalue weighted by Gasteiger charge is -2.24. The molecule has 1 amide bonds. The third kappa shape index (κ3) is 3.97. The number of anilines is 1. The molecule has 2 heterocycles. The van der Waals surface area contributed by atoms with E-state index in [0.29, 0.717) is 13.1 Å². The third-order valence-corrected chi connectivity index (χ3v) is 3.67. The Balaban J connectivity index is 1.69. The standard InChI is InChI=1S/C17H19N7O2/c1-17(2,3)26-16(25)24-9-11-4-5-14(6-12(11)10-24)19-8-13(7-18)15-20-22-23-21-15/h4-6,8,19H,9-10H2,1-3H3,(H,20,21,22,23). The number of aromatic nitrogens is 4. The zero-order valence-electron chi connectivity index (χ0n) is 14.8. The van der Waals surface area contributed by atoms with Crippen molar-refractivity contribution in [2.75, 3.05) is 5.32 Å². The van der Waals surface area contributed by atoms with E-state index in [-0.39, 0.29) is 17.5 Å². The third-order valence-electron chi connectivity index (χ3n) is 3.67. The van der Waals surface area contributed by atoms with Gasteiger partial charge in [0.1, 0.15) is 17.2 Å². The zero-order valence-corrected chi connectivity index (χ0v) is 14.8. The lowest BCUT2D eigenvalue weighted by Crippen LogP contribution is -2.33.